The maximum atomic E-state index is 12.3. The number of nitrogens with one attached hydrogen (secondary N) is 1. The van der Waals surface area contributed by atoms with Crippen molar-refractivity contribution in [3.63, 3.8) is 0 Å². The molecule has 0 aromatic heterocycles. The van der Waals surface area contributed by atoms with Crippen LogP contribution < -0.4 is 5.32 Å². The molecule has 2 bridgehead atoms. The van der Waals surface area contributed by atoms with Gasteiger partial charge in [0, 0.05) is 6.04 Å². The van der Waals surface area contributed by atoms with E-state index < -0.39 is 17.8 Å². The van der Waals surface area contributed by atoms with E-state index in [1.807, 2.05) is 25.1 Å². The van der Waals surface area contributed by atoms with Crippen LogP contribution in [0.15, 0.2) is 12.2 Å². The molecule has 0 aromatic carbocycles. The van der Waals surface area contributed by atoms with Gasteiger partial charge in [-0.3, -0.25) is 9.59 Å². The monoisotopic (exact) mass is 262 g/mol. The van der Waals surface area contributed by atoms with Gasteiger partial charge in [0.1, 0.15) is 0 Å². The van der Waals surface area contributed by atoms with Gasteiger partial charge in [0.15, 0.2) is 0 Å². The molecule has 0 saturated heterocycles. The minimum Gasteiger partial charge on any atom is -0.481 e. The molecule has 5 unspecified atom stereocenters. The number of aliphatic carboxylic acids is 1. The largest absolute Gasteiger partial charge is 0.481 e. The van der Waals surface area contributed by atoms with Crippen molar-refractivity contribution in [2.45, 2.75) is 32.2 Å². The molecule has 0 aromatic rings. The second-order valence-corrected chi connectivity index (χ2v) is 5.31. The molecular formula is C14H18N2O3. The summed E-state index contributed by atoms with van der Waals surface area (Å²) < 4.78 is 0. The molecule has 1 amide bonds. The highest BCUT2D eigenvalue weighted by molar-refractivity contribution is 5.87. The fourth-order valence-corrected chi connectivity index (χ4v) is 3.22. The molecule has 0 radical (unpaired) electrons. The number of carbonyl (C=O) groups is 2. The molecule has 5 nitrogen and oxygen atoms in total. The van der Waals surface area contributed by atoms with Crippen LogP contribution in [0.4, 0.5) is 0 Å². The van der Waals surface area contributed by atoms with Gasteiger partial charge >= 0.3 is 5.97 Å². The minimum absolute atomic E-state index is 0.0192. The smallest absolute Gasteiger partial charge is 0.307 e. The van der Waals surface area contributed by atoms with Crippen molar-refractivity contribution in [1.82, 2.24) is 5.32 Å². The predicted octanol–water partition coefficient (Wildman–Crippen LogP) is 1.32. The van der Waals surface area contributed by atoms with E-state index in [4.69, 9.17) is 5.26 Å². The van der Waals surface area contributed by atoms with Crippen molar-refractivity contribution in [3.05, 3.63) is 12.2 Å². The zero-order valence-corrected chi connectivity index (χ0v) is 10.9. The molecule has 5 heteroatoms. The first kappa shape index (κ1) is 13.6. The number of amides is 1. The highest BCUT2D eigenvalue weighted by atomic mass is 16.4. The third-order valence-corrected chi connectivity index (χ3v) is 4.22. The number of allylic oxidation sites excluding steroid dienone is 2. The summed E-state index contributed by atoms with van der Waals surface area (Å²) in [5, 5.41) is 20.8. The van der Waals surface area contributed by atoms with Crippen molar-refractivity contribution in [3.8, 4) is 6.07 Å². The van der Waals surface area contributed by atoms with Crippen LogP contribution in [0, 0.1) is 35.0 Å². The zero-order chi connectivity index (χ0) is 14.0. The molecule has 19 heavy (non-hydrogen) atoms. The van der Waals surface area contributed by atoms with Gasteiger partial charge in [-0.05, 0) is 24.7 Å². The molecule has 2 N–H and O–H groups in total. The van der Waals surface area contributed by atoms with Gasteiger partial charge in [-0.1, -0.05) is 19.1 Å². The Balaban J connectivity index is 2.08. The molecule has 102 valence electrons. The Hall–Kier alpha value is -1.83. The van der Waals surface area contributed by atoms with Crippen LogP contribution in [0.25, 0.3) is 0 Å². The summed E-state index contributed by atoms with van der Waals surface area (Å²) in [5.74, 6) is -2.20. The van der Waals surface area contributed by atoms with E-state index >= 15 is 0 Å². The number of nitriles is 1. The zero-order valence-electron chi connectivity index (χ0n) is 10.9. The summed E-state index contributed by atoms with van der Waals surface area (Å²) in [6.07, 6.45) is 5.56. The van der Waals surface area contributed by atoms with Gasteiger partial charge in [-0.25, -0.2) is 0 Å². The Morgan fingerprint density at radius 1 is 1.42 bits per heavy atom. The third-order valence-electron chi connectivity index (χ3n) is 4.22. The normalized spacial score (nSPS) is 32.8. The molecule has 0 aliphatic heterocycles. The van der Waals surface area contributed by atoms with E-state index in [1.165, 1.54) is 0 Å². The Labute approximate surface area is 112 Å². The number of fused-ring (bicyclic) bond motifs is 2. The van der Waals surface area contributed by atoms with E-state index in [0.717, 1.165) is 6.42 Å². The first-order valence-corrected chi connectivity index (χ1v) is 6.67. The lowest BCUT2D eigenvalue weighted by Crippen LogP contribution is -2.44. The maximum Gasteiger partial charge on any atom is 0.307 e. The molecule has 0 heterocycles. The molecule has 2 aliphatic rings. The van der Waals surface area contributed by atoms with Crippen LogP contribution in [0.3, 0.4) is 0 Å². The standard InChI is InChI=1S/C14H18N2O3/c1-2-10(5-6-15)16-13(17)11-8-3-4-9(7-8)12(11)14(18)19/h3-4,8-12H,2,5,7H2,1H3,(H,16,17)(H,18,19). The fourth-order valence-electron chi connectivity index (χ4n) is 3.22. The molecule has 0 spiro atoms. The summed E-state index contributed by atoms with van der Waals surface area (Å²) in [5.41, 5.74) is 0. The SMILES string of the molecule is CCC(CC#N)NC(=O)C1C2C=CC(C2)C1C(=O)O. The van der Waals surface area contributed by atoms with Crippen molar-refractivity contribution in [1.29, 1.82) is 5.26 Å². The molecule has 1 fully saturated rings. The van der Waals surface area contributed by atoms with Crippen LogP contribution in [0.5, 0.6) is 0 Å². The second kappa shape index (κ2) is 5.43. The highest BCUT2D eigenvalue weighted by Gasteiger charge is 2.51. The van der Waals surface area contributed by atoms with Crippen LogP contribution in [0.2, 0.25) is 0 Å². The van der Waals surface area contributed by atoms with E-state index in [-0.39, 0.29) is 30.2 Å². The maximum absolute atomic E-state index is 12.3. The molecule has 1 saturated carbocycles. The summed E-state index contributed by atoms with van der Waals surface area (Å²) in [6, 6.07) is 1.85. The number of carboxylic acid groups (broad SMARTS) is 1. The van der Waals surface area contributed by atoms with E-state index in [2.05, 4.69) is 5.32 Å². The Morgan fingerprint density at radius 3 is 2.58 bits per heavy atom. The topological polar surface area (TPSA) is 90.2 Å². The quantitative estimate of drug-likeness (QED) is 0.731. The lowest BCUT2D eigenvalue weighted by Gasteiger charge is -2.25. The van der Waals surface area contributed by atoms with Crippen molar-refractivity contribution >= 4 is 11.9 Å². The fraction of sp³-hybridized carbons (Fsp3) is 0.643. The second-order valence-electron chi connectivity index (χ2n) is 5.31. The van der Waals surface area contributed by atoms with Gasteiger partial charge in [-0.15, -0.1) is 0 Å². The number of hydrogen-bond donors (Lipinski definition) is 2. The molecule has 5 atom stereocenters. The van der Waals surface area contributed by atoms with Gasteiger partial charge in [0.05, 0.1) is 24.3 Å². The first-order chi connectivity index (χ1) is 9.08. The number of carboxylic acids is 1. The number of nitrogens with zero attached hydrogens (tertiary/aromatic N) is 1. The average Bonchev–Trinajstić information content (AvgIpc) is 2.97. The van der Waals surface area contributed by atoms with Crippen molar-refractivity contribution < 1.29 is 14.7 Å². The summed E-state index contributed by atoms with van der Waals surface area (Å²) >= 11 is 0. The van der Waals surface area contributed by atoms with Gasteiger partial charge in [0.25, 0.3) is 0 Å². The predicted molar refractivity (Wildman–Crippen MR) is 67.8 cm³/mol. The minimum atomic E-state index is -0.898. The van der Waals surface area contributed by atoms with Crippen LogP contribution >= 0.6 is 0 Å². The Kier molecular flexibility index (Phi) is 3.89. The van der Waals surface area contributed by atoms with E-state index in [0.29, 0.717) is 6.42 Å². The summed E-state index contributed by atoms with van der Waals surface area (Å²) in [4.78, 5) is 23.6. The van der Waals surface area contributed by atoms with Crippen LogP contribution in [0.1, 0.15) is 26.2 Å². The summed E-state index contributed by atoms with van der Waals surface area (Å²) in [6.45, 7) is 1.90. The van der Waals surface area contributed by atoms with Crippen LogP contribution in [-0.4, -0.2) is 23.0 Å². The van der Waals surface area contributed by atoms with Gasteiger partial charge < -0.3 is 10.4 Å². The number of carbonyl (C=O) groups excluding carboxylic acids is 1. The van der Waals surface area contributed by atoms with Crippen molar-refractivity contribution in [2.75, 3.05) is 0 Å². The Bertz CT molecular complexity index is 452. The number of rotatable bonds is 5. The summed E-state index contributed by atoms with van der Waals surface area (Å²) in [7, 11) is 0. The van der Waals surface area contributed by atoms with Crippen LogP contribution in [-0.2, 0) is 9.59 Å². The van der Waals surface area contributed by atoms with Crippen molar-refractivity contribution in [2.24, 2.45) is 23.7 Å². The molecular weight excluding hydrogens is 244 g/mol. The molecule has 2 aliphatic carbocycles. The van der Waals surface area contributed by atoms with Gasteiger partial charge in [-0.2, -0.15) is 5.26 Å². The number of hydrogen-bond acceptors (Lipinski definition) is 3. The Morgan fingerprint density at radius 2 is 2.05 bits per heavy atom. The van der Waals surface area contributed by atoms with E-state index in [1.54, 1.807) is 0 Å². The lowest BCUT2D eigenvalue weighted by molar-refractivity contribution is -0.148. The van der Waals surface area contributed by atoms with Gasteiger partial charge in [0.2, 0.25) is 5.91 Å². The molecule has 2 rings (SSSR count). The van der Waals surface area contributed by atoms with E-state index in [9.17, 15) is 14.7 Å². The first-order valence-electron chi connectivity index (χ1n) is 6.67. The third kappa shape index (κ3) is 2.48. The lowest BCUT2D eigenvalue weighted by atomic mass is 9.82. The highest BCUT2D eigenvalue weighted by Crippen LogP contribution is 2.48. The average molecular weight is 262 g/mol.